The zero-order chi connectivity index (χ0) is 11.7. The van der Waals surface area contributed by atoms with Crippen molar-refractivity contribution in [2.24, 2.45) is 7.05 Å². The minimum Gasteiger partial charge on any atom is -0.333 e. The van der Waals surface area contributed by atoms with Gasteiger partial charge < -0.3 is 4.57 Å². The summed E-state index contributed by atoms with van der Waals surface area (Å²) in [6.45, 7) is 4.08. The highest BCUT2D eigenvalue weighted by Gasteiger charge is 2.12. The van der Waals surface area contributed by atoms with Crippen LogP contribution in [0.25, 0.3) is 11.3 Å². The van der Waals surface area contributed by atoms with E-state index in [-0.39, 0.29) is 0 Å². The first kappa shape index (κ1) is 10.6. The number of aryl methyl sites for hydroxylation is 3. The Morgan fingerprint density at radius 3 is 2.75 bits per heavy atom. The molecule has 0 atom stereocenters. The lowest BCUT2D eigenvalue weighted by molar-refractivity contribution is 0.112. The number of hydrogen-bond donors (Lipinski definition) is 0. The Morgan fingerprint density at radius 1 is 1.31 bits per heavy atom. The van der Waals surface area contributed by atoms with Crippen molar-refractivity contribution >= 4 is 6.29 Å². The Kier molecular flexibility index (Phi) is 2.60. The monoisotopic (exact) mass is 214 g/mol. The molecule has 0 radical (unpaired) electrons. The molecule has 0 N–H and O–H groups in total. The predicted octanol–water partition coefficient (Wildman–Crippen LogP) is 2.52. The molecule has 0 saturated carbocycles. The van der Waals surface area contributed by atoms with Crippen molar-refractivity contribution in [2.45, 2.75) is 13.8 Å². The van der Waals surface area contributed by atoms with Crippen LogP contribution in [0.5, 0.6) is 0 Å². The van der Waals surface area contributed by atoms with Gasteiger partial charge in [0, 0.05) is 12.6 Å². The van der Waals surface area contributed by atoms with Gasteiger partial charge in [0.05, 0.1) is 12.0 Å². The molecule has 0 aliphatic rings. The lowest BCUT2D eigenvalue weighted by atomic mass is 10.0. The SMILES string of the molecule is Cc1ccc(C)c(-c2c(C=O)ncn2C)c1. The van der Waals surface area contributed by atoms with Gasteiger partial charge in [-0.2, -0.15) is 0 Å². The van der Waals surface area contributed by atoms with Gasteiger partial charge in [0.2, 0.25) is 0 Å². The lowest BCUT2D eigenvalue weighted by Crippen LogP contribution is -1.95. The average Bonchev–Trinajstić information content (AvgIpc) is 2.63. The molecule has 16 heavy (non-hydrogen) atoms. The molecule has 0 amide bonds. The zero-order valence-electron chi connectivity index (χ0n) is 9.69. The molecule has 0 spiro atoms. The van der Waals surface area contributed by atoms with Gasteiger partial charge in [-0.25, -0.2) is 4.98 Å². The van der Waals surface area contributed by atoms with Gasteiger partial charge in [0.15, 0.2) is 6.29 Å². The molecule has 1 aromatic heterocycles. The molecule has 1 aromatic carbocycles. The summed E-state index contributed by atoms with van der Waals surface area (Å²) in [7, 11) is 1.90. The first-order valence-electron chi connectivity index (χ1n) is 5.17. The Labute approximate surface area is 94.7 Å². The fourth-order valence-corrected chi connectivity index (χ4v) is 1.85. The molecule has 0 unspecified atom stereocenters. The van der Waals surface area contributed by atoms with Crippen LogP contribution in [0, 0.1) is 13.8 Å². The van der Waals surface area contributed by atoms with E-state index < -0.39 is 0 Å². The summed E-state index contributed by atoms with van der Waals surface area (Å²) in [5, 5.41) is 0. The number of nitrogens with zero attached hydrogens (tertiary/aromatic N) is 2. The topological polar surface area (TPSA) is 34.9 Å². The van der Waals surface area contributed by atoms with Crippen molar-refractivity contribution in [3.05, 3.63) is 41.3 Å². The van der Waals surface area contributed by atoms with E-state index in [4.69, 9.17) is 0 Å². The second-order valence-electron chi connectivity index (χ2n) is 4.03. The number of aldehydes is 1. The van der Waals surface area contributed by atoms with Crippen LogP contribution < -0.4 is 0 Å². The molecule has 0 saturated heterocycles. The Hall–Kier alpha value is -1.90. The van der Waals surface area contributed by atoms with Crippen LogP contribution in [0.4, 0.5) is 0 Å². The molecule has 0 bridgehead atoms. The maximum absolute atomic E-state index is 10.9. The smallest absolute Gasteiger partial charge is 0.170 e. The number of carbonyl (C=O) groups is 1. The van der Waals surface area contributed by atoms with Gasteiger partial charge in [0.1, 0.15) is 5.69 Å². The average molecular weight is 214 g/mol. The van der Waals surface area contributed by atoms with E-state index >= 15 is 0 Å². The Balaban J connectivity index is 2.70. The summed E-state index contributed by atoms with van der Waals surface area (Å²) in [4.78, 5) is 15.0. The molecule has 0 aliphatic carbocycles. The maximum Gasteiger partial charge on any atom is 0.170 e. The highest BCUT2D eigenvalue weighted by Crippen LogP contribution is 2.26. The lowest BCUT2D eigenvalue weighted by Gasteiger charge is -2.08. The first-order chi connectivity index (χ1) is 7.63. The molecular weight excluding hydrogens is 200 g/mol. The number of carbonyl (C=O) groups excluding carboxylic acids is 1. The van der Waals surface area contributed by atoms with Gasteiger partial charge in [-0.05, 0) is 25.5 Å². The van der Waals surface area contributed by atoms with Crippen LogP contribution >= 0.6 is 0 Å². The molecule has 0 aliphatic heterocycles. The van der Waals surface area contributed by atoms with E-state index in [9.17, 15) is 4.79 Å². The Bertz CT molecular complexity index is 541. The van der Waals surface area contributed by atoms with Crippen molar-refractivity contribution in [3.63, 3.8) is 0 Å². The second-order valence-corrected chi connectivity index (χ2v) is 4.03. The third-order valence-corrected chi connectivity index (χ3v) is 2.73. The van der Waals surface area contributed by atoms with Crippen LogP contribution in [-0.2, 0) is 7.05 Å². The van der Waals surface area contributed by atoms with Crippen LogP contribution in [0.3, 0.4) is 0 Å². The highest BCUT2D eigenvalue weighted by atomic mass is 16.1. The predicted molar refractivity (Wildman–Crippen MR) is 63.5 cm³/mol. The standard InChI is InChI=1S/C13H14N2O/c1-9-4-5-10(2)11(6-9)13-12(7-16)14-8-15(13)3/h4-8H,1-3H3. The minimum absolute atomic E-state index is 0.496. The normalized spacial score (nSPS) is 10.4. The molecule has 1 heterocycles. The number of imidazole rings is 1. The van der Waals surface area contributed by atoms with E-state index in [2.05, 4.69) is 23.2 Å². The summed E-state index contributed by atoms with van der Waals surface area (Å²) in [5.74, 6) is 0. The molecule has 3 nitrogen and oxygen atoms in total. The van der Waals surface area contributed by atoms with Crippen molar-refractivity contribution < 1.29 is 4.79 Å². The summed E-state index contributed by atoms with van der Waals surface area (Å²) in [6, 6.07) is 6.21. The summed E-state index contributed by atoms with van der Waals surface area (Å²) < 4.78 is 1.88. The van der Waals surface area contributed by atoms with E-state index in [0.717, 1.165) is 23.1 Å². The van der Waals surface area contributed by atoms with E-state index in [1.54, 1.807) is 6.33 Å². The van der Waals surface area contributed by atoms with Gasteiger partial charge >= 0.3 is 0 Å². The highest BCUT2D eigenvalue weighted by molar-refractivity contribution is 5.84. The van der Waals surface area contributed by atoms with E-state index in [1.165, 1.54) is 5.56 Å². The third kappa shape index (κ3) is 1.65. The first-order valence-corrected chi connectivity index (χ1v) is 5.17. The van der Waals surface area contributed by atoms with Crippen LogP contribution in [0.15, 0.2) is 24.5 Å². The van der Waals surface area contributed by atoms with Gasteiger partial charge in [-0.1, -0.05) is 17.7 Å². The third-order valence-electron chi connectivity index (χ3n) is 2.73. The molecule has 0 fully saturated rings. The largest absolute Gasteiger partial charge is 0.333 e. The van der Waals surface area contributed by atoms with E-state index in [0.29, 0.717) is 5.69 Å². The van der Waals surface area contributed by atoms with Gasteiger partial charge in [-0.3, -0.25) is 4.79 Å². The van der Waals surface area contributed by atoms with Crippen LogP contribution in [-0.4, -0.2) is 15.8 Å². The Morgan fingerprint density at radius 2 is 2.06 bits per heavy atom. The molecular formula is C13H14N2O. The second kappa shape index (κ2) is 3.93. The summed E-state index contributed by atoms with van der Waals surface area (Å²) in [6.07, 6.45) is 2.47. The van der Waals surface area contributed by atoms with Crippen molar-refractivity contribution in [2.75, 3.05) is 0 Å². The maximum atomic E-state index is 10.9. The number of benzene rings is 1. The number of hydrogen-bond acceptors (Lipinski definition) is 2. The summed E-state index contributed by atoms with van der Waals surface area (Å²) in [5.41, 5.74) is 4.78. The van der Waals surface area contributed by atoms with Crippen molar-refractivity contribution in [3.8, 4) is 11.3 Å². The van der Waals surface area contributed by atoms with Crippen LogP contribution in [0.1, 0.15) is 21.6 Å². The van der Waals surface area contributed by atoms with Crippen molar-refractivity contribution in [1.29, 1.82) is 0 Å². The quantitative estimate of drug-likeness (QED) is 0.720. The molecule has 82 valence electrons. The van der Waals surface area contributed by atoms with Crippen LogP contribution in [0.2, 0.25) is 0 Å². The molecule has 2 aromatic rings. The molecule has 2 rings (SSSR count). The summed E-state index contributed by atoms with van der Waals surface area (Å²) >= 11 is 0. The minimum atomic E-state index is 0.496. The van der Waals surface area contributed by atoms with E-state index in [1.807, 2.05) is 25.5 Å². The zero-order valence-corrected chi connectivity index (χ0v) is 9.69. The fraction of sp³-hybridized carbons (Fsp3) is 0.231. The van der Waals surface area contributed by atoms with Crippen molar-refractivity contribution in [1.82, 2.24) is 9.55 Å². The number of rotatable bonds is 2. The fourth-order valence-electron chi connectivity index (χ4n) is 1.85. The number of aromatic nitrogens is 2. The van der Waals surface area contributed by atoms with Gasteiger partial charge in [-0.15, -0.1) is 0 Å². The molecule has 3 heteroatoms. The van der Waals surface area contributed by atoms with Gasteiger partial charge in [0.25, 0.3) is 0 Å².